The predicted molar refractivity (Wildman–Crippen MR) is 140 cm³/mol. The van der Waals surface area contributed by atoms with Crippen LogP contribution in [0.3, 0.4) is 0 Å². The first kappa shape index (κ1) is 29.4. The Morgan fingerprint density at radius 1 is 1.13 bits per heavy atom. The van der Waals surface area contributed by atoms with Crippen molar-refractivity contribution in [3.63, 3.8) is 0 Å². The van der Waals surface area contributed by atoms with Gasteiger partial charge in [-0.2, -0.15) is 21.6 Å². The van der Waals surface area contributed by atoms with Crippen LogP contribution in [0.4, 0.5) is 18.9 Å². The molecule has 1 aromatic rings. The number of fused-ring (bicyclic) bond motifs is 5. The van der Waals surface area contributed by atoms with Crippen LogP contribution < -0.4 is 4.72 Å². The molecule has 214 valence electrons. The summed E-state index contributed by atoms with van der Waals surface area (Å²) in [6, 6.07) is 5.47. The molecule has 0 aromatic heterocycles. The Hall–Kier alpha value is -1.62. The second-order valence-corrected chi connectivity index (χ2v) is 13.0. The van der Waals surface area contributed by atoms with Crippen molar-refractivity contribution in [1.82, 2.24) is 0 Å². The van der Waals surface area contributed by atoms with Crippen molar-refractivity contribution in [1.29, 1.82) is 0 Å². The van der Waals surface area contributed by atoms with Crippen molar-refractivity contribution in [2.24, 2.45) is 16.7 Å². The van der Waals surface area contributed by atoms with Gasteiger partial charge in [-0.05, 0) is 104 Å². The molecule has 0 saturated heterocycles. The van der Waals surface area contributed by atoms with E-state index in [1.165, 1.54) is 5.56 Å². The van der Waals surface area contributed by atoms with Gasteiger partial charge >= 0.3 is 16.5 Å². The Labute approximate surface area is 223 Å². The van der Waals surface area contributed by atoms with Crippen LogP contribution >= 0.6 is 0 Å². The fraction of sp³-hybridized carbons (Fsp3) is 0.714. The summed E-state index contributed by atoms with van der Waals surface area (Å²) in [4.78, 5) is 0. The lowest BCUT2D eigenvalue weighted by molar-refractivity contribution is -0.205. The van der Waals surface area contributed by atoms with Crippen molar-refractivity contribution >= 4 is 16.0 Å². The van der Waals surface area contributed by atoms with Gasteiger partial charge in [0.2, 0.25) is 0 Å². The summed E-state index contributed by atoms with van der Waals surface area (Å²) < 4.78 is 71.3. The van der Waals surface area contributed by atoms with Gasteiger partial charge in [-0.25, -0.2) is 0 Å². The minimum atomic E-state index is -4.55. The van der Waals surface area contributed by atoms with Crippen molar-refractivity contribution in [3.8, 4) is 0 Å². The second kappa shape index (κ2) is 11.1. The average molecular weight is 560 g/mol. The van der Waals surface area contributed by atoms with Crippen molar-refractivity contribution in [3.05, 3.63) is 41.5 Å². The van der Waals surface area contributed by atoms with Gasteiger partial charge in [-0.15, -0.1) is 0 Å². The summed E-state index contributed by atoms with van der Waals surface area (Å²) in [5, 5.41) is 20.0. The Kier molecular flexibility index (Phi) is 8.58. The average Bonchev–Trinajstić information content (AvgIpc) is 3.13. The number of hydrogen-bond donors (Lipinski definition) is 4. The zero-order valence-electron chi connectivity index (χ0n) is 21.9. The van der Waals surface area contributed by atoms with Crippen LogP contribution in [0.25, 0.3) is 0 Å². The molecule has 1 aromatic carbocycles. The molecule has 0 heterocycles. The number of unbranched alkanes of at least 4 members (excludes halogenated alkanes) is 4. The molecule has 4 rings (SSSR count). The number of hydrogen-bond acceptors (Lipinski definition) is 4. The molecule has 2 fully saturated rings. The van der Waals surface area contributed by atoms with Crippen LogP contribution in [0, 0.1) is 16.7 Å². The number of aliphatic hydroxyl groups is 2. The minimum absolute atomic E-state index is 0.119. The number of rotatable bonds is 10. The van der Waals surface area contributed by atoms with Gasteiger partial charge in [0.05, 0.1) is 11.8 Å². The lowest BCUT2D eigenvalue weighted by Gasteiger charge is -2.57. The number of anilines is 1. The van der Waals surface area contributed by atoms with Gasteiger partial charge in [0.15, 0.2) is 0 Å². The minimum Gasteiger partial charge on any atom is -0.393 e. The Balaban J connectivity index is 1.46. The molecular weight excluding hydrogens is 519 g/mol. The number of aryl methyl sites for hydroxylation is 1. The molecule has 0 radical (unpaired) electrons. The lowest BCUT2D eigenvalue weighted by Crippen LogP contribution is -2.50. The summed E-state index contributed by atoms with van der Waals surface area (Å²) in [6.07, 6.45) is 5.94. The topological polar surface area (TPSA) is 107 Å². The largest absolute Gasteiger partial charge is 0.414 e. The fourth-order valence-electron chi connectivity index (χ4n) is 7.66. The van der Waals surface area contributed by atoms with E-state index in [2.05, 4.69) is 23.8 Å². The maximum atomic E-state index is 12.4. The lowest BCUT2D eigenvalue weighted by atomic mass is 9.47. The number of benzene rings is 1. The van der Waals surface area contributed by atoms with Gasteiger partial charge in [-0.3, -0.25) is 9.27 Å². The van der Waals surface area contributed by atoms with Gasteiger partial charge in [-0.1, -0.05) is 44.4 Å². The van der Waals surface area contributed by atoms with Crippen LogP contribution in [0.5, 0.6) is 0 Å². The molecule has 0 aliphatic heterocycles. The summed E-state index contributed by atoms with van der Waals surface area (Å²) in [6.45, 7) is 2.21. The highest BCUT2D eigenvalue weighted by Crippen LogP contribution is 2.67. The maximum Gasteiger partial charge on any atom is 0.414 e. The monoisotopic (exact) mass is 559 g/mol. The SMILES string of the molecule is C[C@]12CCC3c4ccc(NS(=O)(=O)O)cc4CCC3(C=CCCCCCC[C@@H](O)C(F)(F)F)C1CC[C@@H]2O. The number of aliphatic hydroxyl groups excluding tert-OH is 2. The highest BCUT2D eigenvalue weighted by molar-refractivity contribution is 7.87. The van der Waals surface area contributed by atoms with Crippen molar-refractivity contribution in [2.75, 3.05) is 4.72 Å². The Morgan fingerprint density at radius 3 is 2.58 bits per heavy atom. The fourth-order valence-corrected chi connectivity index (χ4v) is 8.09. The van der Waals surface area contributed by atoms with Crippen LogP contribution in [-0.2, 0) is 16.7 Å². The molecule has 0 amide bonds. The standard InChI is InChI=1S/C28H40F3NO5S/c1-26-16-14-22-21-10-9-20(32-38(35,36)37)18-19(21)13-17-27(22,23(26)11-12-24(26)33)15-7-5-3-2-4-6-8-25(34)28(29,30)31/h7,9-10,15,18,22-25,32-34H,2-6,8,11-14,16-17H2,1H3,(H,35,36,37)/t22?,23?,24-,25+,26-,27?/m0/s1. The predicted octanol–water partition coefficient (Wildman–Crippen LogP) is 6.31. The molecule has 3 aliphatic carbocycles. The van der Waals surface area contributed by atoms with E-state index in [1.54, 1.807) is 6.07 Å². The van der Waals surface area contributed by atoms with Gasteiger partial charge < -0.3 is 10.2 Å². The molecule has 4 N–H and O–H groups in total. The van der Waals surface area contributed by atoms with E-state index in [1.807, 2.05) is 12.1 Å². The molecular formula is C28H40F3NO5S. The van der Waals surface area contributed by atoms with Gasteiger partial charge in [0.1, 0.15) is 6.10 Å². The van der Waals surface area contributed by atoms with E-state index in [0.717, 1.165) is 63.4 Å². The van der Waals surface area contributed by atoms with E-state index in [0.29, 0.717) is 24.4 Å². The van der Waals surface area contributed by atoms with Crippen LogP contribution in [-0.4, -0.2) is 41.6 Å². The van der Waals surface area contributed by atoms with Gasteiger partial charge in [0.25, 0.3) is 0 Å². The smallest absolute Gasteiger partial charge is 0.393 e. The van der Waals surface area contributed by atoms with Crippen LogP contribution in [0.15, 0.2) is 30.4 Å². The van der Waals surface area contributed by atoms with Crippen molar-refractivity contribution in [2.45, 2.75) is 108 Å². The third kappa shape index (κ3) is 6.08. The third-order valence-electron chi connectivity index (χ3n) is 9.55. The number of alkyl halides is 3. The molecule has 10 heteroatoms. The van der Waals surface area contributed by atoms with Gasteiger partial charge in [0, 0.05) is 0 Å². The first-order chi connectivity index (χ1) is 17.8. The molecule has 0 spiro atoms. The van der Waals surface area contributed by atoms with E-state index in [-0.39, 0.29) is 29.3 Å². The highest BCUT2D eigenvalue weighted by Gasteiger charge is 2.60. The quantitative estimate of drug-likeness (QED) is 0.153. The molecule has 0 bridgehead atoms. The third-order valence-corrected chi connectivity index (χ3v) is 10.0. The molecule has 6 nitrogen and oxygen atoms in total. The normalized spacial score (nSPS) is 32.0. The number of halogens is 3. The second-order valence-electron chi connectivity index (χ2n) is 11.8. The number of nitrogens with one attached hydrogen (secondary N) is 1. The van der Waals surface area contributed by atoms with E-state index < -0.39 is 22.6 Å². The molecule has 3 unspecified atom stereocenters. The van der Waals surface area contributed by atoms with Crippen LogP contribution in [0.2, 0.25) is 0 Å². The summed E-state index contributed by atoms with van der Waals surface area (Å²) in [5.41, 5.74) is 2.36. The van der Waals surface area contributed by atoms with E-state index in [4.69, 9.17) is 5.11 Å². The Morgan fingerprint density at radius 2 is 1.87 bits per heavy atom. The molecule has 38 heavy (non-hydrogen) atoms. The first-order valence-electron chi connectivity index (χ1n) is 13.7. The zero-order chi connectivity index (χ0) is 27.8. The maximum absolute atomic E-state index is 12.4. The molecule has 2 saturated carbocycles. The summed E-state index contributed by atoms with van der Waals surface area (Å²) >= 11 is 0. The summed E-state index contributed by atoms with van der Waals surface area (Å²) in [5.74, 6) is 0.571. The first-order valence-corrected chi connectivity index (χ1v) is 15.2. The molecule has 6 atom stereocenters. The molecule has 3 aliphatic rings. The van der Waals surface area contributed by atoms with Crippen LogP contribution in [0.1, 0.15) is 94.6 Å². The van der Waals surface area contributed by atoms with Crippen molar-refractivity contribution < 1.29 is 36.4 Å². The Bertz CT molecular complexity index is 1120. The zero-order valence-corrected chi connectivity index (χ0v) is 22.7. The van der Waals surface area contributed by atoms with E-state index >= 15 is 0 Å². The van der Waals surface area contributed by atoms with E-state index in [9.17, 15) is 31.2 Å². The highest BCUT2D eigenvalue weighted by atomic mass is 32.2. The summed E-state index contributed by atoms with van der Waals surface area (Å²) in [7, 11) is -4.35. The number of allylic oxidation sites excluding steroid dienone is 2.